The van der Waals surface area contributed by atoms with E-state index in [1.807, 2.05) is 0 Å². The third kappa shape index (κ3) is 9.58. The lowest BCUT2D eigenvalue weighted by molar-refractivity contribution is -0.144. The van der Waals surface area contributed by atoms with Crippen molar-refractivity contribution in [2.75, 3.05) is 0 Å². The van der Waals surface area contributed by atoms with Crippen LogP contribution in [0.3, 0.4) is 0 Å². The minimum atomic E-state index is -1.55. The lowest BCUT2D eigenvalue weighted by Gasteiger charge is -2.27. The molecule has 0 rings (SSSR count). The van der Waals surface area contributed by atoms with Crippen LogP contribution in [0.4, 0.5) is 0 Å². The summed E-state index contributed by atoms with van der Waals surface area (Å²) in [7, 11) is 0. The van der Waals surface area contributed by atoms with Crippen molar-refractivity contribution in [1.29, 1.82) is 0 Å². The van der Waals surface area contributed by atoms with Gasteiger partial charge in [-0.1, -0.05) is 20.3 Å². The van der Waals surface area contributed by atoms with Crippen molar-refractivity contribution in [3.63, 3.8) is 0 Å². The smallest absolute Gasteiger partial charge is 0.326 e. The SMILES string of the molecule is CCC(C)C(NC(=O)C(NC(=O)C(CCC(N)=O)NC(=O)C(N)C(C)O)C(C)O)C(=O)O. The third-order valence-electron chi connectivity index (χ3n) is 4.97. The van der Waals surface area contributed by atoms with Gasteiger partial charge >= 0.3 is 5.97 Å². The van der Waals surface area contributed by atoms with Gasteiger partial charge in [0.25, 0.3) is 0 Å². The molecule has 0 aliphatic carbocycles. The molecule has 13 heteroatoms. The molecule has 7 atom stereocenters. The summed E-state index contributed by atoms with van der Waals surface area (Å²) in [4.78, 5) is 60.0. The highest BCUT2D eigenvalue weighted by atomic mass is 16.4. The van der Waals surface area contributed by atoms with Gasteiger partial charge in [-0.2, -0.15) is 0 Å². The number of nitrogens with one attached hydrogen (secondary N) is 3. The van der Waals surface area contributed by atoms with Crippen molar-refractivity contribution >= 4 is 29.6 Å². The third-order valence-corrected chi connectivity index (χ3v) is 4.97. The first-order valence-corrected chi connectivity index (χ1v) is 10.3. The normalized spacial score (nSPS) is 17.6. The van der Waals surface area contributed by atoms with E-state index in [0.29, 0.717) is 6.42 Å². The zero-order valence-corrected chi connectivity index (χ0v) is 18.7. The van der Waals surface area contributed by atoms with Gasteiger partial charge in [0.1, 0.15) is 24.2 Å². The van der Waals surface area contributed by atoms with E-state index in [0.717, 1.165) is 0 Å². The number of aliphatic hydroxyl groups is 2. The molecule has 184 valence electrons. The first-order valence-electron chi connectivity index (χ1n) is 10.3. The molecule has 0 radical (unpaired) electrons. The number of rotatable bonds is 14. The Morgan fingerprint density at radius 2 is 1.38 bits per heavy atom. The predicted octanol–water partition coefficient (Wildman–Crippen LogP) is -3.07. The van der Waals surface area contributed by atoms with Crippen LogP contribution in [-0.2, 0) is 24.0 Å². The van der Waals surface area contributed by atoms with E-state index in [2.05, 4.69) is 16.0 Å². The summed E-state index contributed by atoms with van der Waals surface area (Å²) in [6.45, 7) is 5.84. The first kappa shape index (κ1) is 29.2. The Hall–Kier alpha value is -2.77. The molecule has 32 heavy (non-hydrogen) atoms. The molecule has 0 aliphatic heterocycles. The largest absolute Gasteiger partial charge is 0.480 e. The number of aliphatic carboxylic acids is 1. The van der Waals surface area contributed by atoms with E-state index >= 15 is 0 Å². The fourth-order valence-electron chi connectivity index (χ4n) is 2.63. The quantitative estimate of drug-likeness (QED) is 0.131. The molecule has 0 aliphatic rings. The van der Waals surface area contributed by atoms with E-state index < -0.39 is 71.9 Å². The van der Waals surface area contributed by atoms with Crippen LogP contribution in [0.25, 0.3) is 0 Å². The van der Waals surface area contributed by atoms with Crippen LogP contribution >= 0.6 is 0 Å². The van der Waals surface area contributed by atoms with E-state index in [4.69, 9.17) is 11.5 Å². The van der Waals surface area contributed by atoms with Crippen molar-refractivity contribution in [2.45, 2.75) is 83.3 Å². The van der Waals surface area contributed by atoms with Crippen molar-refractivity contribution < 1.29 is 39.3 Å². The molecular weight excluding hydrogens is 426 g/mol. The van der Waals surface area contributed by atoms with E-state index in [1.54, 1.807) is 13.8 Å². The Morgan fingerprint density at radius 1 is 0.844 bits per heavy atom. The van der Waals surface area contributed by atoms with Crippen LogP contribution < -0.4 is 27.4 Å². The van der Waals surface area contributed by atoms with E-state index in [1.165, 1.54) is 13.8 Å². The summed E-state index contributed by atoms with van der Waals surface area (Å²) < 4.78 is 0. The number of hydrogen-bond acceptors (Lipinski definition) is 8. The van der Waals surface area contributed by atoms with Crippen molar-refractivity contribution in [3.8, 4) is 0 Å². The van der Waals surface area contributed by atoms with Gasteiger partial charge in [-0.25, -0.2) is 4.79 Å². The molecule has 0 saturated carbocycles. The zero-order chi connectivity index (χ0) is 25.2. The van der Waals surface area contributed by atoms with Gasteiger partial charge in [-0.3, -0.25) is 19.2 Å². The molecule has 0 aromatic carbocycles. The average molecular weight is 462 g/mol. The Balaban J connectivity index is 5.53. The highest BCUT2D eigenvalue weighted by Gasteiger charge is 2.34. The van der Waals surface area contributed by atoms with Crippen molar-refractivity contribution in [3.05, 3.63) is 0 Å². The number of carbonyl (C=O) groups is 5. The van der Waals surface area contributed by atoms with Crippen LogP contribution in [0.15, 0.2) is 0 Å². The monoisotopic (exact) mass is 461 g/mol. The van der Waals surface area contributed by atoms with Gasteiger partial charge in [0.05, 0.1) is 12.2 Å². The summed E-state index contributed by atoms with van der Waals surface area (Å²) >= 11 is 0. The number of carboxylic acids is 1. The van der Waals surface area contributed by atoms with Crippen LogP contribution in [0.2, 0.25) is 0 Å². The van der Waals surface area contributed by atoms with E-state index in [-0.39, 0.29) is 12.8 Å². The summed E-state index contributed by atoms with van der Waals surface area (Å²) in [6, 6.07) is -5.52. The Kier molecular flexibility index (Phi) is 12.4. The standard InChI is InChI=1S/C19H35N5O8/c1-5-8(2)14(19(31)32)23-18(30)15(10(4)26)24-16(28)11(6-7-12(20)27)22-17(29)13(21)9(3)25/h8-11,13-15,25-26H,5-7,21H2,1-4H3,(H2,20,27)(H,22,29)(H,23,30)(H,24,28)(H,31,32). The molecule has 13 nitrogen and oxygen atoms in total. The van der Waals surface area contributed by atoms with Gasteiger partial charge in [0, 0.05) is 6.42 Å². The number of carbonyl (C=O) groups excluding carboxylic acids is 4. The topological polar surface area (TPSA) is 234 Å². The molecule has 7 unspecified atom stereocenters. The first-order chi connectivity index (χ1) is 14.7. The lowest BCUT2D eigenvalue weighted by Crippen LogP contribution is -2.61. The van der Waals surface area contributed by atoms with Crippen molar-refractivity contribution in [1.82, 2.24) is 16.0 Å². The van der Waals surface area contributed by atoms with Gasteiger partial charge in [0.2, 0.25) is 23.6 Å². The van der Waals surface area contributed by atoms with Crippen LogP contribution in [0.5, 0.6) is 0 Å². The van der Waals surface area contributed by atoms with Gasteiger partial charge in [0.15, 0.2) is 0 Å². The Labute approximate surface area is 186 Å². The summed E-state index contributed by atoms with van der Waals surface area (Å²) in [5.41, 5.74) is 10.6. The highest BCUT2D eigenvalue weighted by Crippen LogP contribution is 2.09. The molecule has 4 amide bonds. The van der Waals surface area contributed by atoms with Crippen LogP contribution in [0, 0.1) is 5.92 Å². The highest BCUT2D eigenvalue weighted by molar-refractivity contribution is 5.94. The summed E-state index contributed by atoms with van der Waals surface area (Å²) in [6.07, 6.45) is -2.72. The number of primary amides is 1. The number of amides is 4. The lowest BCUT2D eigenvalue weighted by atomic mass is 9.98. The second-order valence-electron chi connectivity index (χ2n) is 7.77. The molecule has 10 N–H and O–H groups in total. The Morgan fingerprint density at radius 3 is 1.78 bits per heavy atom. The minimum absolute atomic E-state index is 0.238. The Bertz CT molecular complexity index is 685. The number of hydrogen-bond donors (Lipinski definition) is 8. The van der Waals surface area contributed by atoms with Gasteiger partial charge in [-0.05, 0) is 26.2 Å². The molecule has 0 bridgehead atoms. The van der Waals surface area contributed by atoms with Crippen LogP contribution in [-0.4, -0.2) is 81.3 Å². The van der Waals surface area contributed by atoms with Crippen LogP contribution in [0.1, 0.15) is 47.0 Å². The minimum Gasteiger partial charge on any atom is -0.480 e. The molecule has 0 aromatic heterocycles. The second-order valence-corrected chi connectivity index (χ2v) is 7.77. The number of nitrogens with two attached hydrogens (primary N) is 2. The fourth-order valence-corrected chi connectivity index (χ4v) is 2.63. The predicted molar refractivity (Wildman–Crippen MR) is 113 cm³/mol. The number of carboxylic acid groups (broad SMARTS) is 1. The maximum Gasteiger partial charge on any atom is 0.326 e. The molecule has 0 aromatic rings. The molecular formula is C19H35N5O8. The number of aliphatic hydroxyl groups excluding tert-OH is 2. The zero-order valence-electron chi connectivity index (χ0n) is 18.7. The molecule has 0 spiro atoms. The molecule has 0 heterocycles. The van der Waals surface area contributed by atoms with E-state index in [9.17, 15) is 39.3 Å². The van der Waals surface area contributed by atoms with Crippen molar-refractivity contribution in [2.24, 2.45) is 17.4 Å². The average Bonchev–Trinajstić information content (AvgIpc) is 2.70. The fraction of sp³-hybridized carbons (Fsp3) is 0.737. The molecule has 0 fully saturated rings. The maximum absolute atomic E-state index is 12.7. The van der Waals surface area contributed by atoms with Gasteiger partial charge in [-0.15, -0.1) is 0 Å². The summed E-state index contributed by atoms with van der Waals surface area (Å²) in [5.74, 6) is -5.21. The maximum atomic E-state index is 12.7. The molecule has 0 saturated heterocycles. The second kappa shape index (κ2) is 13.6. The van der Waals surface area contributed by atoms with Gasteiger partial charge < -0.3 is 42.7 Å². The summed E-state index contributed by atoms with van der Waals surface area (Å²) in [5, 5.41) is 35.6.